The van der Waals surface area contributed by atoms with E-state index in [4.69, 9.17) is 4.74 Å². The van der Waals surface area contributed by atoms with E-state index in [1.807, 2.05) is 30.3 Å². The van der Waals surface area contributed by atoms with E-state index in [9.17, 15) is 19.8 Å². The number of ether oxygens (including phenoxy) is 1. The van der Waals surface area contributed by atoms with E-state index >= 15 is 0 Å². The summed E-state index contributed by atoms with van der Waals surface area (Å²) in [5.41, 5.74) is 0.617. The zero-order valence-corrected chi connectivity index (χ0v) is 14.8. The molecule has 1 aromatic heterocycles. The molecule has 0 saturated heterocycles. The number of benzene rings is 2. The average Bonchev–Trinajstić information content (AvgIpc) is 3.13. The average molecular weight is 381 g/mol. The van der Waals surface area contributed by atoms with Gasteiger partial charge in [0.1, 0.15) is 22.5 Å². The minimum atomic E-state index is -1.08. The lowest BCUT2D eigenvalue weighted by atomic mass is 10.1. The number of rotatable bonds is 4. The van der Waals surface area contributed by atoms with Gasteiger partial charge in [0.2, 0.25) is 0 Å². The third kappa shape index (κ3) is 3.17. The van der Waals surface area contributed by atoms with Crippen molar-refractivity contribution < 1.29 is 19.7 Å². The van der Waals surface area contributed by atoms with Gasteiger partial charge in [-0.05, 0) is 36.4 Å². The van der Waals surface area contributed by atoms with Gasteiger partial charge < -0.3 is 14.9 Å². The summed E-state index contributed by atoms with van der Waals surface area (Å²) in [6.07, 6.45) is 1.33. The van der Waals surface area contributed by atoms with Crippen LogP contribution in [0.4, 0.5) is 0 Å². The molecule has 4 rings (SSSR count). The summed E-state index contributed by atoms with van der Waals surface area (Å²) in [4.78, 5) is 24.3. The maximum absolute atomic E-state index is 12.8. The Balaban J connectivity index is 1.70. The first-order valence-corrected chi connectivity index (χ1v) is 9.24. The van der Waals surface area contributed by atoms with Crippen molar-refractivity contribution in [3.63, 3.8) is 0 Å². The first-order valence-electron chi connectivity index (χ1n) is 8.20. The van der Waals surface area contributed by atoms with Crippen LogP contribution in [0.25, 0.3) is 5.69 Å². The highest BCUT2D eigenvalue weighted by atomic mass is 32.2. The Hall–Kier alpha value is -3.19. The van der Waals surface area contributed by atoms with Crippen molar-refractivity contribution in [1.82, 2.24) is 4.57 Å². The molecule has 0 aliphatic carbocycles. The highest BCUT2D eigenvalue weighted by Crippen LogP contribution is 2.43. The molecule has 3 aromatic rings. The quantitative estimate of drug-likeness (QED) is 0.716. The topological polar surface area (TPSA) is 88.8 Å². The number of thioether (sulfide) groups is 1. The van der Waals surface area contributed by atoms with Crippen LogP contribution in [-0.4, -0.2) is 20.7 Å². The molecule has 0 fully saturated rings. The largest absolute Gasteiger partial charge is 0.506 e. The van der Waals surface area contributed by atoms with Crippen LogP contribution in [0.3, 0.4) is 0 Å². The van der Waals surface area contributed by atoms with Crippen LogP contribution >= 0.6 is 11.8 Å². The Bertz CT molecular complexity index is 1060. The number of aromatic hydroxyl groups is 1. The highest BCUT2D eigenvalue weighted by molar-refractivity contribution is 7.99. The van der Waals surface area contributed by atoms with Gasteiger partial charge in [-0.3, -0.25) is 14.2 Å². The van der Waals surface area contributed by atoms with Crippen molar-refractivity contribution in [3.05, 3.63) is 82.3 Å². The van der Waals surface area contributed by atoms with Gasteiger partial charge in [-0.25, -0.2) is 0 Å². The zero-order chi connectivity index (χ0) is 19.0. The molecule has 0 radical (unpaired) electrons. The Labute approximate surface area is 158 Å². The highest BCUT2D eigenvalue weighted by Gasteiger charge is 2.35. The van der Waals surface area contributed by atoms with Crippen molar-refractivity contribution in [2.24, 2.45) is 0 Å². The fourth-order valence-electron chi connectivity index (χ4n) is 3.01. The van der Waals surface area contributed by atoms with Gasteiger partial charge in [-0.1, -0.05) is 18.2 Å². The number of carboxylic acids is 1. The summed E-state index contributed by atoms with van der Waals surface area (Å²) in [5.74, 6) is 0.435. The first-order chi connectivity index (χ1) is 13.0. The lowest BCUT2D eigenvalue weighted by Gasteiger charge is -2.12. The number of hydrogen-bond donors (Lipinski definition) is 2. The van der Waals surface area contributed by atoms with Crippen LogP contribution in [0.1, 0.15) is 16.4 Å². The number of aromatic nitrogens is 1. The van der Waals surface area contributed by atoms with Gasteiger partial charge in [0.05, 0.1) is 6.20 Å². The van der Waals surface area contributed by atoms with Crippen molar-refractivity contribution in [2.75, 3.05) is 0 Å². The summed E-state index contributed by atoms with van der Waals surface area (Å²) in [6, 6.07) is 16.1. The molecule has 0 spiro atoms. The second kappa shape index (κ2) is 6.85. The van der Waals surface area contributed by atoms with Crippen molar-refractivity contribution in [1.29, 1.82) is 0 Å². The Morgan fingerprint density at radius 1 is 1.07 bits per heavy atom. The van der Waals surface area contributed by atoms with E-state index in [1.165, 1.54) is 10.8 Å². The number of pyridine rings is 1. The van der Waals surface area contributed by atoms with Gasteiger partial charge in [0.25, 0.3) is 5.56 Å². The van der Waals surface area contributed by atoms with E-state index in [2.05, 4.69) is 0 Å². The van der Waals surface area contributed by atoms with Gasteiger partial charge in [0, 0.05) is 22.6 Å². The molecule has 1 aliphatic rings. The van der Waals surface area contributed by atoms with Crippen LogP contribution in [-0.2, 0) is 10.5 Å². The fraction of sp³-hybridized carbons (Fsp3) is 0.100. The van der Waals surface area contributed by atoms with Gasteiger partial charge in [0.15, 0.2) is 0 Å². The lowest BCUT2D eigenvalue weighted by Crippen LogP contribution is -2.25. The number of fused-ring (bicyclic) bond motifs is 1. The molecule has 0 amide bonds. The van der Waals surface area contributed by atoms with Gasteiger partial charge in [-0.15, -0.1) is 11.8 Å². The summed E-state index contributed by atoms with van der Waals surface area (Å²) in [5, 5.41) is 18.6. The fourth-order valence-corrected chi connectivity index (χ4v) is 4.20. The summed E-state index contributed by atoms with van der Waals surface area (Å²) < 4.78 is 6.99. The number of para-hydroxylation sites is 1. The monoisotopic (exact) mass is 381 g/mol. The second-order valence-corrected chi connectivity index (χ2v) is 7.11. The molecule has 1 atom stereocenters. The summed E-state index contributed by atoms with van der Waals surface area (Å²) >= 11 is 1.12. The van der Waals surface area contributed by atoms with Crippen LogP contribution < -0.4 is 10.3 Å². The van der Waals surface area contributed by atoms with Crippen molar-refractivity contribution in [2.45, 2.75) is 11.0 Å². The minimum Gasteiger partial charge on any atom is -0.506 e. The van der Waals surface area contributed by atoms with Gasteiger partial charge >= 0.3 is 5.97 Å². The number of nitrogens with zero attached hydrogens (tertiary/aromatic N) is 1. The Morgan fingerprint density at radius 3 is 2.41 bits per heavy atom. The predicted molar refractivity (Wildman–Crippen MR) is 102 cm³/mol. The number of aliphatic carboxylic acids is 1. The van der Waals surface area contributed by atoms with Crippen LogP contribution in [0.5, 0.6) is 17.2 Å². The van der Waals surface area contributed by atoms with Crippen LogP contribution in [0, 0.1) is 0 Å². The summed E-state index contributed by atoms with van der Waals surface area (Å²) in [6.45, 7) is 0. The van der Waals surface area contributed by atoms with E-state index in [-0.39, 0.29) is 11.3 Å². The maximum atomic E-state index is 12.8. The lowest BCUT2D eigenvalue weighted by molar-refractivity contribution is -0.136. The zero-order valence-electron chi connectivity index (χ0n) is 14.0. The Morgan fingerprint density at radius 2 is 1.74 bits per heavy atom. The molecule has 1 unspecified atom stereocenters. The predicted octanol–water partition coefficient (Wildman–Crippen LogP) is 3.71. The summed E-state index contributed by atoms with van der Waals surface area (Å²) in [7, 11) is 0. The first kappa shape index (κ1) is 17.2. The molecule has 2 heterocycles. The third-order valence-electron chi connectivity index (χ3n) is 4.31. The minimum absolute atomic E-state index is 0.0783. The van der Waals surface area contributed by atoms with E-state index in [0.29, 0.717) is 28.5 Å². The smallest absolute Gasteiger partial charge is 0.321 e. The molecule has 1 aliphatic heterocycles. The molecule has 136 valence electrons. The van der Waals surface area contributed by atoms with Crippen LogP contribution in [0.2, 0.25) is 0 Å². The normalized spacial score (nSPS) is 15.3. The maximum Gasteiger partial charge on any atom is 0.321 e. The SMILES string of the molecule is O=C(O)C1SCc2c(O)cn(-c3ccc(Oc4ccccc4)cc3)c(=O)c21. The molecule has 0 saturated carbocycles. The second-order valence-electron chi connectivity index (χ2n) is 6.02. The molecule has 2 N–H and O–H groups in total. The molecule has 27 heavy (non-hydrogen) atoms. The van der Waals surface area contributed by atoms with Crippen LogP contribution in [0.15, 0.2) is 65.6 Å². The molecule has 6 nitrogen and oxygen atoms in total. The Kier molecular flexibility index (Phi) is 4.37. The van der Waals surface area contributed by atoms with E-state index in [0.717, 1.165) is 11.8 Å². The number of hydrogen-bond acceptors (Lipinski definition) is 5. The third-order valence-corrected chi connectivity index (χ3v) is 5.54. The molecule has 2 aromatic carbocycles. The molecular formula is C20H15NO5S. The molecule has 7 heteroatoms. The van der Waals surface area contributed by atoms with E-state index in [1.54, 1.807) is 24.3 Å². The van der Waals surface area contributed by atoms with Crippen molar-refractivity contribution >= 4 is 17.7 Å². The van der Waals surface area contributed by atoms with Crippen molar-refractivity contribution in [3.8, 4) is 22.9 Å². The number of carbonyl (C=O) groups is 1. The standard InChI is InChI=1S/C20H15NO5S/c22-16-10-21(19(23)17-15(16)11-27-18(17)20(24)25)12-6-8-14(9-7-12)26-13-4-2-1-3-5-13/h1-10,18,22H,11H2,(H,24,25). The molecular weight excluding hydrogens is 366 g/mol. The van der Waals surface area contributed by atoms with E-state index < -0.39 is 16.8 Å². The number of carboxylic acid groups (broad SMARTS) is 1. The molecule has 0 bridgehead atoms. The van der Waals surface area contributed by atoms with Gasteiger partial charge in [-0.2, -0.15) is 0 Å².